The third-order valence-electron chi connectivity index (χ3n) is 5.14. The highest BCUT2D eigenvalue weighted by Crippen LogP contribution is 2.61. The molecule has 0 rings (SSSR count). The Labute approximate surface area is 243 Å². The van der Waals surface area contributed by atoms with Crippen LogP contribution in [0.25, 0.3) is 0 Å². The standard InChI is InChI=1S/C18H6F26O4/c19-7(20,9(23,24)11(27,28)13(31,32)15(35,36)17(39,40)41)3-47-5(45)1-2-6(46)48-4-8(21,22)10(25,26)12(29,30)14(33,34)16(37,38)18(42,43)44/h1-2H,3-4H2/b2-1-. The number of ether oxygens (including phenoxy) is 2. The van der Waals surface area contributed by atoms with E-state index in [0.29, 0.717) is 0 Å². The molecule has 0 spiro atoms. The molecule has 0 aliphatic carbocycles. The van der Waals surface area contributed by atoms with Crippen LogP contribution in [0.5, 0.6) is 0 Å². The van der Waals surface area contributed by atoms with Gasteiger partial charge < -0.3 is 9.47 Å². The van der Waals surface area contributed by atoms with Crippen molar-refractivity contribution in [1.29, 1.82) is 0 Å². The second-order valence-corrected chi connectivity index (χ2v) is 8.55. The number of rotatable bonds is 14. The summed E-state index contributed by atoms with van der Waals surface area (Å²) in [5.74, 6) is -85.4. The van der Waals surface area contributed by atoms with Crippen molar-refractivity contribution in [2.75, 3.05) is 13.2 Å². The van der Waals surface area contributed by atoms with E-state index in [-0.39, 0.29) is 0 Å². The Morgan fingerprint density at radius 1 is 0.333 bits per heavy atom. The third kappa shape index (κ3) is 6.96. The van der Waals surface area contributed by atoms with Gasteiger partial charge in [0.1, 0.15) is 0 Å². The molecule has 0 aliphatic heterocycles. The number of hydrogen-bond donors (Lipinski definition) is 0. The second kappa shape index (κ2) is 12.3. The van der Waals surface area contributed by atoms with Gasteiger partial charge in [-0.1, -0.05) is 0 Å². The Bertz CT molecular complexity index is 1120. The molecule has 0 radical (unpaired) electrons. The molecule has 0 atom stereocenters. The number of esters is 2. The largest absolute Gasteiger partial charge is 0.460 e. The Morgan fingerprint density at radius 2 is 0.521 bits per heavy atom. The van der Waals surface area contributed by atoms with Crippen molar-refractivity contribution in [3.05, 3.63) is 12.2 Å². The van der Waals surface area contributed by atoms with Crippen molar-refractivity contribution in [3.8, 4) is 0 Å². The van der Waals surface area contributed by atoms with Gasteiger partial charge in [0.15, 0.2) is 13.2 Å². The molecule has 4 nitrogen and oxygen atoms in total. The van der Waals surface area contributed by atoms with Crippen molar-refractivity contribution in [3.63, 3.8) is 0 Å². The number of hydrogen-bond acceptors (Lipinski definition) is 4. The first-order valence-electron chi connectivity index (χ1n) is 10.4. The summed E-state index contributed by atoms with van der Waals surface area (Å²) in [4.78, 5) is 22.2. The number of alkyl halides is 26. The zero-order chi connectivity index (χ0) is 39.4. The van der Waals surface area contributed by atoms with Gasteiger partial charge in [0.25, 0.3) is 0 Å². The van der Waals surface area contributed by atoms with Crippen molar-refractivity contribution in [1.82, 2.24) is 0 Å². The molecule has 0 aromatic heterocycles. The quantitative estimate of drug-likeness (QED) is 0.102. The summed E-state index contributed by atoms with van der Waals surface area (Å²) in [6, 6.07) is 0. The van der Waals surface area contributed by atoms with E-state index < -0.39 is 109 Å². The molecule has 0 aliphatic rings. The second-order valence-electron chi connectivity index (χ2n) is 8.55. The lowest BCUT2D eigenvalue weighted by Crippen LogP contribution is -2.70. The molecule has 0 bridgehead atoms. The summed E-state index contributed by atoms with van der Waals surface area (Å²) in [5.41, 5.74) is 0. The topological polar surface area (TPSA) is 52.6 Å². The van der Waals surface area contributed by atoms with Crippen LogP contribution in [0.4, 0.5) is 114 Å². The summed E-state index contributed by atoms with van der Waals surface area (Å²) >= 11 is 0. The smallest absolute Gasteiger partial charge is 0.456 e. The molecule has 30 heteroatoms. The molecule has 0 unspecified atom stereocenters. The summed E-state index contributed by atoms with van der Waals surface area (Å²) in [5, 5.41) is 0. The minimum Gasteiger partial charge on any atom is -0.456 e. The van der Waals surface area contributed by atoms with Crippen LogP contribution in [0.1, 0.15) is 0 Å². The Morgan fingerprint density at radius 3 is 0.708 bits per heavy atom. The summed E-state index contributed by atoms with van der Waals surface area (Å²) in [6.07, 6.45) is -17.3. The predicted octanol–water partition coefficient (Wildman–Crippen LogP) is 8.11. The fourth-order valence-corrected chi connectivity index (χ4v) is 2.34. The molecular formula is C18H6F26O4. The Kier molecular flexibility index (Phi) is 11.5. The Balaban J connectivity index is 5.82. The van der Waals surface area contributed by atoms with Gasteiger partial charge in [-0.3, -0.25) is 0 Å². The van der Waals surface area contributed by atoms with Gasteiger partial charge >= 0.3 is 83.5 Å². The maximum Gasteiger partial charge on any atom is 0.460 e. The van der Waals surface area contributed by atoms with Crippen LogP contribution in [-0.2, 0) is 19.1 Å². The molecule has 0 N–H and O–H groups in total. The summed E-state index contributed by atoms with van der Waals surface area (Å²) in [7, 11) is 0. The van der Waals surface area contributed by atoms with E-state index in [1.165, 1.54) is 0 Å². The van der Waals surface area contributed by atoms with E-state index >= 15 is 0 Å². The van der Waals surface area contributed by atoms with Crippen LogP contribution in [0.3, 0.4) is 0 Å². The maximum atomic E-state index is 13.5. The first kappa shape index (κ1) is 44.9. The zero-order valence-corrected chi connectivity index (χ0v) is 21.0. The Hall–Kier alpha value is -3.14. The van der Waals surface area contributed by atoms with E-state index in [4.69, 9.17) is 0 Å². The van der Waals surface area contributed by atoms with E-state index in [1.807, 2.05) is 0 Å². The highest BCUT2D eigenvalue weighted by molar-refractivity contribution is 5.91. The van der Waals surface area contributed by atoms with Gasteiger partial charge in [0, 0.05) is 12.2 Å². The van der Waals surface area contributed by atoms with Crippen molar-refractivity contribution in [2.45, 2.75) is 71.6 Å². The molecule has 0 amide bonds. The lowest BCUT2D eigenvalue weighted by Gasteiger charge is -2.39. The molecular weight excluding hydrogens is 774 g/mol. The molecule has 0 aromatic carbocycles. The van der Waals surface area contributed by atoms with Crippen molar-refractivity contribution < 1.29 is 133 Å². The highest BCUT2D eigenvalue weighted by atomic mass is 19.4. The average molecular weight is 780 g/mol. The van der Waals surface area contributed by atoms with Gasteiger partial charge in [0.2, 0.25) is 0 Å². The summed E-state index contributed by atoms with van der Waals surface area (Å²) < 4.78 is 342. The molecule has 0 heterocycles. The molecule has 284 valence electrons. The monoisotopic (exact) mass is 780 g/mol. The van der Waals surface area contributed by atoms with Crippen LogP contribution in [-0.4, -0.2) is 96.7 Å². The first-order chi connectivity index (χ1) is 20.5. The maximum absolute atomic E-state index is 13.5. The fourth-order valence-electron chi connectivity index (χ4n) is 2.34. The predicted molar refractivity (Wildman–Crippen MR) is 92.6 cm³/mol. The van der Waals surface area contributed by atoms with Crippen LogP contribution in [0.2, 0.25) is 0 Å². The number of halogens is 26. The SMILES string of the molecule is O=C(/C=C\C(=O)OCC(F)(F)C(F)(F)C(F)(F)C(F)(F)C(F)(F)C(F)(F)F)OCC(F)(F)C(F)(F)C(F)(F)C(F)(F)C(F)(F)C(F)(F)F. The average Bonchev–Trinajstić information content (AvgIpc) is 2.87. The molecule has 48 heavy (non-hydrogen) atoms. The number of carbonyl (C=O) groups excluding carboxylic acids is 2. The number of carbonyl (C=O) groups is 2. The molecule has 0 saturated heterocycles. The van der Waals surface area contributed by atoms with Gasteiger partial charge in [-0.2, -0.15) is 114 Å². The lowest BCUT2D eigenvalue weighted by molar-refractivity contribution is -0.441. The van der Waals surface area contributed by atoms with Gasteiger partial charge in [0.05, 0.1) is 0 Å². The van der Waals surface area contributed by atoms with Gasteiger partial charge in [-0.25, -0.2) is 9.59 Å². The molecule has 0 saturated carbocycles. The van der Waals surface area contributed by atoms with E-state index in [0.717, 1.165) is 0 Å². The van der Waals surface area contributed by atoms with Gasteiger partial charge in [-0.15, -0.1) is 0 Å². The van der Waals surface area contributed by atoms with E-state index in [9.17, 15) is 124 Å². The van der Waals surface area contributed by atoms with Crippen LogP contribution in [0.15, 0.2) is 12.2 Å². The minimum absolute atomic E-state index is 0.899. The van der Waals surface area contributed by atoms with E-state index in [1.54, 1.807) is 0 Å². The third-order valence-corrected chi connectivity index (χ3v) is 5.14. The van der Waals surface area contributed by atoms with Crippen LogP contribution in [0, 0.1) is 0 Å². The highest BCUT2D eigenvalue weighted by Gasteiger charge is 2.92. The summed E-state index contributed by atoms with van der Waals surface area (Å²) in [6.45, 7) is -7.39. The first-order valence-corrected chi connectivity index (χ1v) is 10.4. The molecule has 0 aromatic rings. The van der Waals surface area contributed by atoms with Crippen molar-refractivity contribution >= 4 is 11.9 Å². The zero-order valence-electron chi connectivity index (χ0n) is 21.0. The molecule has 0 fully saturated rings. The normalized spacial score (nSPS) is 16.0. The van der Waals surface area contributed by atoms with Crippen LogP contribution >= 0.6 is 0 Å². The van der Waals surface area contributed by atoms with Gasteiger partial charge in [-0.05, 0) is 0 Å². The van der Waals surface area contributed by atoms with Crippen molar-refractivity contribution in [2.24, 2.45) is 0 Å². The minimum atomic E-state index is -8.36. The van der Waals surface area contributed by atoms with Crippen LogP contribution < -0.4 is 0 Å². The fraction of sp³-hybridized carbons (Fsp3) is 0.778. The van der Waals surface area contributed by atoms with E-state index in [2.05, 4.69) is 9.47 Å². The lowest BCUT2D eigenvalue weighted by atomic mass is 9.94.